The first-order chi connectivity index (χ1) is 14.0. The number of carbonyl (C=O) groups excluding carboxylic acids is 4. The quantitative estimate of drug-likeness (QED) is 0.743. The van der Waals surface area contributed by atoms with Crippen LogP contribution >= 0.6 is 11.3 Å². The molecule has 4 amide bonds. The maximum atomic E-state index is 13.4. The molecular weight excluding hydrogens is 392 g/mol. The Labute approximate surface area is 172 Å². The molecule has 8 nitrogen and oxygen atoms in total. The van der Waals surface area contributed by atoms with Gasteiger partial charge in [0.15, 0.2) is 0 Å². The molecule has 4 heterocycles. The lowest BCUT2D eigenvalue weighted by atomic mass is 9.84. The smallest absolute Gasteiger partial charge is 0.264 e. The number of amides is 4. The van der Waals surface area contributed by atoms with Crippen molar-refractivity contribution in [3.8, 4) is 0 Å². The van der Waals surface area contributed by atoms with Gasteiger partial charge < -0.3 is 20.4 Å². The zero-order valence-electron chi connectivity index (χ0n) is 16.0. The van der Waals surface area contributed by atoms with Crippen LogP contribution in [0.1, 0.15) is 41.8 Å². The van der Waals surface area contributed by atoms with Crippen molar-refractivity contribution in [3.05, 3.63) is 22.4 Å². The number of hydrogen-bond donors (Lipinski definition) is 2. The van der Waals surface area contributed by atoms with Crippen LogP contribution < -0.4 is 10.6 Å². The molecule has 0 aromatic carbocycles. The van der Waals surface area contributed by atoms with E-state index in [1.54, 1.807) is 15.9 Å². The number of hydrogen-bond acceptors (Lipinski definition) is 5. The molecule has 0 spiro atoms. The van der Waals surface area contributed by atoms with E-state index in [4.69, 9.17) is 0 Å². The summed E-state index contributed by atoms with van der Waals surface area (Å²) in [6.07, 6.45) is 3.90. The van der Waals surface area contributed by atoms with Gasteiger partial charge in [0.2, 0.25) is 17.7 Å². The van der Waals surface area contributed by atoms with Crippen molar-refractivity contribution < 1.29 is 19.2 Å². The highest BCUT2D eigenvalue weighted by Gasteiger charge is 2.52. The third kappa shape index (κ3) is 3.11. The van der Waals surface area contributed by atoms with Crippen LogP contribution in [0.4, 0.5) is 0 Å². The van der Waals surface area contributed by atoms with Crippen LogP contribution in [0.5, 0.6) is 0 Å². The Morgan fingerprint density at radius 3 is 2.72 bits per heavy atom. The number of nitrogens with one attached hydrogen (secondary N) is 2. The summed E-state index contributed by atoms with van der Waals surface area (Å²) >= 11 is 1.35. The molecule has 4 unspecified atom stereocenters. The second-order valence-corrected chi connectivity index (χ2v) is 9.35. The number of thiophene rings is 1. The van der Waals surface area contributed by atoms with E-state index in [2.05, 4.69) is 10.6 Å². The van der Waals surface area contributed by atoms with Gasteiger partial charge in [0.1, 0.15) is 12.1 Å². The summed E-state index contributed by atoms with van der Waals surface area (Å²) in [7, 11) is 0. The topological polar surface area (TPSA) is 98.8 Å². The van der Waals surface area contributed by atoms with E-state index >= 15 is 0 Å². The highest BCUT2D eigenvalue weighted by atomic mass is 32.1. The molecule has 3 aliphatic heterocycles. The molecule has 3 saturated heterocycles. The average molecular weight is 417 g/mol. The Morgan fingerprint density at radius 1 is 1.21 bits per heavy atom. The predicted molar refractivity (Wildman–Crippen MR) is 105 cm³/mol. The number of nitrogens with zero attached hydrogens (tertiary/aromatic N) is 2. The number of carbonyl (C=O) groups is 4. The third-order valence-corrected chi connectivity index (χ3v) is 7.54. The molecule has 4 fully saturated rings. The molecule has 0 bridgehead atoms. The van der Waals surface area contributed by atoms with E-state index in [0.717, 1.165) is 19.3 Å². The van der Waals surface area contributed by atoms with Crippen LogP contribution in [0.2, 0.25) is 0 Å². The molecule has 2 N–H and O–H groups in total. The van der Waals surface area contributed by atoms with Gasteiger partial charge in [-0.1, -0.05) is 12.5 Å². The average Bonchev–Trinajstić information content (AvgIpc) is 3.37. The third-order valence-electron chi connectivity index (χ3n) is 6.68. The van der Waals surface area contributed by atoms with Crippen molar-refractivity contribution in [1.82, 2.24) is 20.4 Å². The summed E-state index contributed by atoms with van der Waals surface area (Å²) < 4.78 is 0. The minimum Gasteiger partial charge on any atom is -0.351 e. The molecule has 29 heavy (non-hydrogen) atoms. The second kappa shape index (κ2) is 7.12. The van der Waals surface area contributed by atoms with E-state index in [1.165, 1.54) is 11.3 Å². The Kier molecular flexibility index (Phi) is 4.57. The highest BCUT2D eigenvalue weighted by molar-refractivity contribution is 7.12. The Bertz CT molecular complexity index is 853. The molecular formula is C20H24N4O4S. The van der Waals surface area contributed by atoms with Crippen LogP contribution in [0.3, 0.4) is 0 Å². The van der Waals surface area contributed by atoms with Gasteiger partial charge in [-0.15, -0.1) is 11.3 Å². The first kappa shape index (κ1) is 18.6. The van der Waals surface area contributed by atoms with Crippen molar-refractivity contribution in [3.63, 3.8) is 0 Å². The largest absolute Gasteiger partial charge is 0.351 e. The Hall–Kier alpha value is -2.42. The summed E-state index contributed by atoms with van der Waals surface area (Å²) in [4.78, 5) is 55.2. The Morgan fingerprint density at radius 2 is 2.03 bits per heavy atom. The maximum Gasteiger partial charge on any atom is 0.264 e. The fraction of sp³-hybridized carbons (Fsp3) is 0.600. The van der Waals surface area contributed by atoms with Gasteiger partial charge in [0.05, 0.1) is 10.9 Å². The van der Waals surface area contributed by atoms with Gasteiger partial charge in [-0.25, -0.2) is 0 Å². The minimum atomic E-state index is -0.681. The zero-order chi connectivity index (χ0) is 20.1. The normalized spacial score (nSPS) is 31.6. The highest BCUT2D eigenvalue weighted by Crippen LogP contribution is 2.31. The summed E-state index contributed by atoms with van der Waals surface area (Å²) in [5.41, 5.74) is 0. The maximum absolute atomic E-state index is 13.4. The number of likely N-dealkylation sites (tertiary alicyclic amines) is 1. The van der Waals surface area contributed by atoms with Crippen molar-refractivity contribution in [2.75, 3.05) is 13.1 Å². The summed E-state index contributed by atoms with van der Waals surface area (Å²) in [5, 5.41) is 7.85. The fourth-order valence-corrected chi connectivity index (χ4v) is 5.57. The van der Waals surface area contributed by atoms with Crippen LogP contribution in [0.15, 0.2) is 17.5 Å². The van der Waals surface area contributed by atoms with E-state index in [1.807, 2.05) is 11.4 Å². The number of rotatable bonds is 3. The van der Waals surface area contributed by atoms with E-state index in [9.17, 15) is 19.2 Å². The van der Waals surface area contributed by atoms with Gasteiger partial charge in [-0.2, -0.15) is 0 Å². The van der Waals surface area contributed by atoms with Crippen molar-refractivity contribution in [2.24, 2.45) is 5.92 Å². The van der Waals surface area contributed by atoms with Crippen LogP contribution in [-0.2, 0) is 14.4 Å². The minimum absolute atomic E-state index is 0.0278. The lowest BCUT2D eigenvalue weighted by Crippen LogP contribution is -2.52. The van der Waals surface area contributed by atoms with E-state index in [0.29, 0.717) is 30.8 Å². The van der Waals surface area contributed by atoms with E-state index < -0.39 is 12.1 Å². The van der Waals surface area contributed by atoms with Crippen LogP contribution in [0, 0.1) is 5.92 Å². The molecule has 1 saturated carbocycles. The first-order valence-electron chi connectivity index (χ1n) is 10.3. The van der Waals surface area contributed by atoms with Crippen molar-refractivity contribution in [1.29, 1.82) is 0 Å². The zero-order valence-corrected chi connectivity index (χ0v) is 16.8. The van der Waals surface area contributed by atoms with Gasteiger partial charge >= 0.3 is 0 Å². The summed E-state index contributed by atoms with van der Waals surface area (Å²) in [5.74, 6) is -0.446. The predicted octanol–water partition coefficient (Wildman–Crippen LogP) is 0.347. The molecule has 1 aliphatic carbocycles. The second-order valence-electron chi connectivity index (χ2n) is 8.40. The lowest BCUT2D eigenvalue weighted by molar-refractivity contribution is -0.138. The molecule has 1 aromatic heterocycles. The van der Waals surface area contributed by atoms with Gasteiger partial charge in [-0.05, 0) is 37.1 Å². The monoisotopic (exact) mass is 416 g/mol. The van der Waals surface area contributed by atoms with Crippen LogP contribution in [0.25, 0.3) is 0 Å². The van der Waals surface area contributed by atoms with Gasteiger partial charge in [-0.3, -0.25) is 19.2 Å². The summed E-state index contributed by atoms with van der Waals surface area (Å²) in [6.45, 7) is 0.762. The first-order valence-corrected chi connectivity index (χ1v) is 11.2. The molecule has 4 atom stereocenters. The Balaban J connectivity index is 1.34. The molecule has 9 heteroatoms. The van der Waals surface area contributed by atoms with Gasteiger partial charge in [0.25, 0.3) is 5.91 Å². The van der Waals surface area contributed by atoms with Crippen molar-refractivity contribution >= 4 is 35.0 Å². The molecule has 5 rings (SSSR count). The fourth-order valence-electron chi connectivity index (χ4n) is 4.89. The molecule has 1 aromatic rings. The molecule has 4 aliphatic rings. The van der Waals surface area contributed by atoms with E-state index in [-0.39, 0.29) is 41.6 Å². The summed E-state index contributed by atoms with van der Waals surface area (Å²) in [6, 6.07) is 1.73. The number of fused-ring (bicyclic) bond motifs is 2. The SMILES string of the molecule is O=C(NC1CC2C(=O)NC3CCN(C(=O)c4cccs4)C3C(=O)N2C1)C1CCC1. The van der Waals surface area contributed by atoms with Gasteiger partial charge in [0, 0.05) is 25.0 Å². The molecule has 154 valence electrons. The lowest BCUT2D eigenvalue weighted by Gasteiger charge is -2.29. The van der Waals surface area contributed by atoms with Crippen LogP contribution in [-0.4, -0.2) is 70.7 Å². The standard InChI is InChI=1S/C20H24N4O4S/c25-17(11-3-1-4-11)21-12-9-14-18(26)22-13-6-7-23(16(13)20(28)24(14)10-12)19(27)15-5-2-8-29-15/h2,5,8,11-14,16H,1,3-4,6-7,9-10H2,(H,21,25)(H,22,26). The molecule has 0 radical (unpaired) electrons. The van der Waals surface area contributed by atoms with Crippen molar-refractivity contribution in [2.45, 2.75) is 56.3 Å².